The topological polar surface area (TPSA) is 43.8 Å². The standard InChI is InChI=1S/C7H9BrF3N3/c1-3(2)14-5(7(9,10)11)4(8)6(12)13-14/h3H,1-2H3,(H2,12,13). The molecule has 1 rings (SSSR count). The van der Waals surface area contributed by atoms with Crippen LogP contribution in [0.25, 0.3) is 0 Å². The van der Waals surface area contributed by atoms with Crippen molar-refractivity contribution in [3.8, 4) is 0 Å². The van der Waals surface area contributed by atoms with Gasteiger partial charge in [0.05, 0.1) is 4.47 Å². The molecule has 0 aromatic carbocycles. The fourth-order valence-corrected chi connectivity index (χ4v) is 1.55. The van der Waals surface area contributed by atoms with Gasteiger partial charge in [0.15, 0.2) is 11.5 Å². The van der Waals surface area contributed by atoms with E-state index in [1.807, 2.05) is 0 Å². The van der Waals surface area contributed by atoms with E-state index < -0.39 is 11.9 Å². The van der Waals surface area contributed by atoms with Gasteiger partial charge in [-0.1, -0.05) is 0 Å². The summed E-state index contributed by atoms with van der Waals surface area (Å²) in [5, 5.41) is 3.60. The number of anilines is 1. The number of hydrogen-bond donors (Lipinski definition) is 1. The largest absolute Gasteiger partial charge is 0.434 e. The molecule has 3 nitrogen and oxygen atoms in total. The van der Waals surface area contributed by atoms with Crippen molar-refractivity contribution in [3.63, 3.8) is 0 Å². The van der Waals surface area contributed by atoms with Crippen LogP contribution in [0.4, 0.5) is 19.0 Å². The summed E-state index contributed by atoms with van der Waals surface area (Å²) in [5.74, 6) is -0.147. The molecule has 0 fully saturated rings. The first-order valence-corrected chi connectivity index (χ1v) is 4.65. The van der Waals surface area contributed by atoms with Gasteiger partial charge in [0.2, 0.25) is 0 Å². The maximum absolute atomic E-state index is 12.5. The summed E-state index contributed by atoms with van der Waals surface area (Å²) in [6.07, 6.45) is -4.45. The normalized spacial score (nSPS) is 12.5. The molecule has 0 bridgehead atoms. The number of nitrogens with two attached hydrogens (primary N) is 1. The van der Waals surface area contributed by atoms with Crippen molar-refractivity contribution in [1.82, 2.24) is 9.78 Å². The van der Waals surface area contributed by atoms with Crippen LogP contribution in [0, 0.1) is 0 Å². The van der Waals surface area contributed by atoms with Crippen molar-refractivity contribution in [2.45, 2.75) is 26.1 Å². The first kappa shape index (κ1) is 11.4. The van der Waals surface area contributed by atoms with Crippen LogP contribution in [0.15, 0.2) is 4.47 Å². The third-order valence-electron chi connectivity index (χ3n) is 1.64. The summed E-state index contributed by atoms with van der Waals surface area (Å²) < 4.78 is 38.3. The predicted molar refractivity (Wildman–Crippen MR) is 49.7 cm³/mol. The smallest absolute Gasteiger partial charge is 0.381 e. The molecular weight excluding hydrogens is 263 g/mol. The lowest BCUT2D eigenvalue weighted by atomic mass is 10.3. The molecule has 0 aliphatic carbocycles. The van der Waals surface area contributed by atoms with Crippen molar-refractivity contribution >= 4 is 21.7 Å². The van der Waals surface area contributed by atoms with Crippen molar-refractivity contribution in [3.05, 3.63) is 10.2 Å². The van der Waals surface area contributed by atoms with Gasteiger partial charge in [0.1, 0.15) is 0 Å². The van der Waals surface area contributed by atoms with Crippen LogP contribution in [-0.2, 0) is 6.18 Å². The number of alkyl halides is 3. The highest BCUT2D eigenvalue weighted by atomic mass is 79.9. The molecule has 0 amide bonds. The second-order valence-electron chi connectivity index (χ2n) is 3.08. The number of rotatable bonds is 1. The van der Waals surface area contributed by atoms with Crippen LogP contribution in [0.2, 0.25) is 0 Å². The molecule has 0 aliphatic rings. The van der Waals surface area contributed by atoms with Crippen LogP contribution < -0.4 is 5.73 Å². The van der Waals surface area contributed by atoms with E-state index in [0.29, 0.717) is 0 Å². The van der Waals surface area contributed by atoms with Gasteiger partial charge in [-0.05, 0) is 29.8 Å². The molecule has 1 aromatic heterocycles. The van der Waals surface area contributed by atoms with Gasteiger partial charge >= 0.3 is 6.18 Å². The molecule has 0 aliphatic heterocycles. The quantitative estimate of drug-likeness (QED) is 0.854. The van der Waals surface area contributed by atoms with Gasteiger partial charge in [-0.25, -0.2) is 0 Å². The van der Waals surface area contributed by atoms with Gasteiger partial charge in [-0.3, -0.25) is 4.68 Å². The van der Waals surface area contributed by atoms with E-state index in [0.717, 1.165) is 4.68 Å². The summed E-state index contributed by atoms with van der Waals surface area (Å²) in [6, 6.07) is -0.389. The first-order valence-electron chi connectivity index (χ1n) is 3.85. The number of halogens is 4. The monoisotopic (exact) mass is 271 g/mol. The molecule has 7 heteroatoms. The minimum Gasteiger partial charge on any atom is -0.381 e. The summed E-state index contributed by atoms with van der Waals surface area (Å²) in [4.78, 5) is 0. The Morgan fingerprint density at radius 3 is 2.21 bits per heavy atom. The molecule has 1 heterocycles. The van der Waals surface area contributed by atoms with E-state index in [4.69, 9.17) is 5.73 Å². The van der Waals surface area contributed by atoms with Crippen LogP contribution in [0.1, 0.15) is 25.6 Å². The number of aromatic nitrogens is 2. The van der Waals surface area contributed by atoms with Crippen molar-refractivity contribution in [2.75, 3.05) is 5.73 Å². The summed E-state index contributed by atoms with van der Waals surface area (Å²) in [7, 11) is 0. The fraction of sp³-hybridized carbons (Fsp3) is 0.571. The minimum absolute atomic E-state index is 0.147. The number of nitrogen functional groups attached to an aromatic ring is 1. The van der Waals surface area contributed by atoms with Crippen molar-refractivity contribution in [2.24, 2.45) is 0 Å². The number of nitrogens with zero attached hydrogens (tertiary/aromatic N) is 2. The van der Waals surface area contributed by atoms with Crippen LogP contribution in [0.3, 0.4) is 0 Å². The Balaban J connectivity index is 3.38. The molecule has 0 saturated carbocycles. The second-order valence-corrected chi connectivity index (χ2v) is 3.88. The lowest BCUT2D eigenvalue weighted by Gasteiger charge is -2.13. The Bertz CT molecular complexity index is 343. The van der Waals surface area contributed by atoms with Gasteiger partial charge in [-0.2, -0.15) is 18.3 Å². The van der Waals surface area contributed by atoms with Gasteiger partial charge in [-0.15, -0.1) is 0 Å². The fourth-order valence-electron chi connectivity index (χ4n) is 1.06. The van der Waals surface area contributed by atoms with E-state index in [2.05, 4.69) is 21.0 Å². The third-order valence-corrected chi connectivity index (χ3v) is 2.42. The molecule has 14 heavy (non-hydrogen) atoms. The Morgan fingerprint density at radius 1 is 1.43 bits per heavy atom. The Hall–Kier alpha value is -0.720. The van der Waals surface area contributed by atoms with Gasteiger partial charge in [0, 0.05) is 6.04 Å². The SMILES string of the molecule is CC(C)n1nc(N)c(Br)c1C(F)(F)F. The van der Waals surface area contributed by atoms with Crippen molar-refractivity contribution in [1.29, 1.82) is 0 Å². The van der Waals surface area contributed by atoms with Crippen molar-refractivity contribution < 1.29 is 13.2 Å². The van der Waals surface area contributed by atoms with E-state index >= 15 is 0 Å². The van der Waals surface area contributed by atoms with E-state index in [-0.39, 0.29) is 16.3 Å². The second kappa shape index (κ2) is 3.45. The average molecular weight is 272 g/mol. The van der Waals surface area contributed by atoms with Crippen LogP contribution >= 0.6 is 15.9 Å². The zero-order valence-corrected chi connectivity index (χ0v) is 9.15. The van der Waals surface area contributed by atoms with E-state index in [9.17, 15) is 13.2 Å². The molecule has 0 atom stereocenters. The Morgan fingerprint density at radius 2 is 1.93 bits per heavy atom. The number of hydrogen-bond acceptors (Lipinski definition) is 2. The molecule has 0 saturated heterocycles. The highest BCUT2D eigenvalue weighted by Gasteiger charge is 2.39. The molecule has 0 spiro atoms. The Labute approximate surface area is 87.2 Å². The van der Waals surface area contributed by atoms with E-state index in [1.54, 1.807) is 13.8 Å². The third kappa shape index (κ3) is 1.87. The van der Waals surface area contributed by atoms with Gasteiger partial charge in [0.25, 0.3) is 0 Å². The first-order chi connectivity index (χ1) is 6.25. The predicted octanol–water partition coefficient (Wildman–Crippen LogP) is 2.83. The molecular formula is C7H9BrF3N3. The van der Waals surface area contributed by atoms with Crippen LogP contribution in [-0.4, -0.2) is 9.78 Å². The summed E-state index contributed by atoms with van der Waals surface area (Å²) in [5.41, 5.74) is 4.45. The Kier molecular flexibility index (Phi) is 2.80. The summed E-state index contributed by atoms with van der Waals surface area (Å²) >= 11 is 2.78. The maximum atomic E-state index is 12.5. The zero-order valence-electron chi connectivity index (χ0n) is 7.56. The lowest BCUT2D eigenvalue weighted by Crippen LogP contribution is -2.16. The molecule has 1 aromatic rings. The van der Waals surface area contributed by atoms with Gasteiger partial charge < -0.3 is 5.73 Å². The lowest BCUT2D eigenvalue weighted by molar-refractivity contribution is -0.145. The minimum atomic E-state index is -4.45. The van der Waals surface area contributed by atoms with Crippen LogP contribution in [0.5, 0.6) is 0 Å². The molecule has 80 valence electrons. The molecule has 2 N–H and O–H groups in total. The maximum Gasteiger partial charge on any atom is 0.434 e. The summed E-state index contributed by atoms with van der Waals surface area (Å²) in [6.45, 7) is 3.21. The average Bonchev–Trinajstić information content (AvgIpc) is 2.27. The van der Waals surface area contributed by atoms with E-state index in [1.165, 1.54) is 0 Å². The molecule has 0 radical (unpaired) electrons. The highest BCUT2D eigenvalue weighted by molar-refractivity contribution is 9.10. The highest BCUT2D eigenvalue weighted by Crippen LogP contribution is 2.38. The zero-order chi connectivity index (χ0) is 11.1. The molecule has 0 unspecified atom stereocenters.